The zero-order valence-corrected chi connectivity index (χ0v) is 12.3. The molecule has 1 heterocycles. The van der Waals surface area contributed by atoms with Gasteiger partial charge in [-0.1, -0.05) is 18.2 Å². The molecule has 3 rings (SSSR count). The number of alkyl halides is 3. The van der Waals surface area contributed by atoms with E-state index in [1.165, 1.54) is 18.3 Å². The Bertz CT molecular complexity index is 840. The summed E-state index contributed by atoms with van der Waals surface area (Å²) in [6.45, 7) is 0. The van der Waals surface area contributed by atoms with Gasteiger partial charge in [0.15, 0.2) is 0 Å². The molecule has 1 amide bonds. The number of nitrogens with zero attached hydrogens (tertiary/aromatic N) is 2. The maximum Gasteiger partial charge on any atom is 0.416 e. The number of hydrogen-bond acceptors (Lipinski definition) is 2. The van der Waals surface area contributed by atoms with E-state index in [4.69, 9.17) is 0 Å². The first-order valence-electron chi connectivity index (χ1n) is 7.02. The number of para-hydroxylation sites is 1. The van der Waals surface area contributed by atoms with E-state index >= 15 is 0 Å². The van der Waals surface area contributed by atoms with Crippen molar-refractivity contribution in [3.63, 3.8) is 0 Å². The number of anilines is 1. The number of hydrogen-bond donors (Lipinski definition) is 1. The molecule has 0 bridgehead atoms. The Morgan fingerprint density at radius 1 is 1.00 bits per heavy atom. The summed E-state index contributed by atoms with van der Waals surface area (Å²) < 4.78 is 39.1. The van der Waals surface area contributed by atoms with E-state index in [9.17, 15) is 18.0 Å². The smallest absolute Gasteiger partial charge is 0.322 e. The normalized spacial score (nSPS) is 11.3. The monoisotopic (exact) mass is 331 g/mol. The van der Waals surface area contributed by atoms with Crippen LogP contribution < -0.4 is 5.32 Å². The summed E-state index contributed by atoms with van der Waals surface area (Å²) in [5.41, 5.74) is 0.614. The van der Waals surface area contributed by atoms with Gasteiger partial charge in [0, 0.05) is 11.9 Å². The van der Waals surface area contributed by atoms with E-state index in [0.717, 1.165) is 17.8 Å². The van der Waals surface area contributed by atoms with Crippen molar-refractivity contribution in [2.45, 2.75) is 6.18 Å². The number of nitrogens with one attached hydrogen (secondary N) is 1. The average Bonchev–Trinajstić information content (AvgIpc) is 3.05. The summed E-state index contributed by atoms with van der Waals surface area (Å²) in [5, 5.41) is 6.64. The number of amides is 1. The van der Waals surface area contributed by atoms with Crippen molar-refractivity contribution in [2.75, 3.05) is 5.32 Å². The van der Waals surface area contributed by atoms with E-state index in [1.54, 1.807) is 10.9 Å². The van der Waals surface area contributed by atoms with Crippen LogP contribution in [0.3, 0.4) is 0 Å². The van der Waals surface area contributed by atoms with Crippen LogP contribution in [0, 0.1) is 0 Å². The van der Waals surface area contributed by atoms with Gasteiger partial charge in [0.05, 0.1) is 23.0 Å². The Balaban J connectivity index is 1.73. The number of carbonyl (C=O) groups is 1. The second-order valence-corrected chi connectivity index (χ2v) is 5.04. The molecule has 0 spiro atoms. The molecule has 2 aromatic carbocycles. The first-order chi connectivity index (χ1) is 11.4. The van der Waals surface area contributed by atoms with Gasteiger partial charge in [-0.3, -0.25) is 4.79 Å². The van der Waals surface area contributed by atoms with Crippen LogP contribution in [0.25, 0.3) is 5.69 Å². The van der Waals surface area contributed by atoms with E-state index < -0.39 is 17.6 Å². The van der Waals surface area contributed by atoms with Crippen LogP contribution in [0.1, 0.15) is 15.9 Å². The molecule has 0 aliphatic rings. The zero-order chi connectivity index (χ0) is 17.2. The van der Waals surface area contributed by atoms with Crippen molar-refractivity contribution in [3.8, 4) is 5.69 Å². The van der Waals surface area contributed by atoms with Crippen LogP contribution in [-0.2, 0) is 6.18 Å². The maximum atomic E-state index is 12.5. The molecular weight excluding hydrogens is 319 g/mol. The van der Waals surface area contributed by atoms with Gasteiger partial charge in [-0.2, -0.15) is 18.3 Å². The van der Waals surface area contributed by atoms with Crippen molar-refractivity contribution >= 4 is 11.6 Å². The van der Waals surface area contributed by atoms with Crippen LogP contribution in [0.2, 0.25) is 0 Å². The van der Waals surface area contributed by atoms with Gasteiger partial charge in [-0.25, -0.2) is 4.68 Å². The molecule has 0 atom stereocenters. The molecule has 7 heteroatoms. The van der Waals surface area contributed by atoms with Gasteiger partial charge in [0.25, 0.3) is 5.91 Å². The van der Waals surface area contributed by atoms with Crippen LogP contribution >= 0.6 is 0 Å². The quantitative estimate of drug-likeness (QED) is 0.784. The molecular formula is C17H12F3N3O. The molecule has 3 aromatic rings. The van der Waals surface area contributed by atoms with Gasteiger partial charge in [0.1, 0.15) is 0 Å². The van der Waals surface area contributed by atoms with Crippen molar-refractivity contribution in [3.05, 3.63) is 78.1 Å². The number of carbonyl (C=O) groups excluding carboxylic acids is 1. The molecule has 0 aliphatic heterocycles. The van der Waals surface area contributed by atoms with Crippen LogP contribution in [0.15, 0.2) is 67.0 Å². The molecule has 1 aromatic heterocycles. The summed E-state index contributed by atoms with van der Waals surface area (Å²) in [5.74, 6) is -0.447. The summed E-state index contributed by atoms with van der Waals surface area (Å²) in [4.78, 5) is 12.2. The summed E-state index contributed by atoms with van der Waals surface area (Å²) in [6, 6.07) is 13.5. The zero-order valence-electron chi connectivity index (χ0n) is 12.3. The number of aromatic nitrogens is 2. The third-order valence-electron chi connectivity index (χ3n) is 3.34. The number of halogens is 3. The summed E-state index contributed by atoms with van der Waals surface area (Å²) >= 11 is 0. The predicted molar refractivity (Wildman–Crippen MR) is 83.0 cm³/mol. The van der Waals surface area contributed by atoms with Gasteiger partial charge in [-0.15, -0.1) is 0 Å². The average molecular weight is 331 g/mol. The predicted octanol–water partition coefficient (Wildman–Crippen LogP) is 4.14. The fourth-order valence-corrected chi connectivity index (χ4v) is 2.11. The molecule has 0 fully saturated rings. The molecule has 122 valence electrons. The lowest BCUT2D eigenvalue weighted by Gasteiger charge is -2.08. The Kier molecular flexibility index (Phi) is 4.07. The molecule has 4 nitrogen and oxygen atoms in total. The minimum absolute atomic E-state index is 0.278. The lowest BCUT2D eigenvalue weighted by atomic mass is 10.2. The topological polar surface area (TPSA) is 46.9 Å². The van der Waals surface area contributed by atoms with E-state index in [0.29, 0.717) is 5.56 Å². The SMILES string of the molecule is O=C(Nc1ccc(C(F)(F)F)cc1)c1cnn(-c2ccccc2)c1. The van der Waals surface area contributed by atoms with E-state index in [2.05, 4.69) is 10.4 Å². The second-order valence-electron chi connectivity index (χ2n) is 5.04. The highest BCUT2D eigenvalue weighted by molar-refractivity contribution is 6.04. The molecule has 1 N–H and O–H groups in total. The molecule has 0 unspecified atom stereocenters. The van der Waals surface area contributed by atoms with E-state index in [1.807, 2.05) is 30.3 Å². The van der Waals surface area contributed by atoms with Crippen molar-refractivity contribution < 1.29 is 18.0 Å². The van der Waals surface area contributed by atoms with Crippen LogP contribution in [0.5, 0.6) is 0 Å². The lowest BCUT2D eigenvalue weighted by Crippen LogP contribution is -2.11. The minimum Gasteiger partial charge on any atom is -0.322 e. The fourth-order valence-electron chi connectivity index (χ4n) is 2.11. The first kappa shape index (κ1) is 15.8. The summed E-state index contributed by atoms with van der Waals surface area (Å²) in [7, 11) is 0. The third kappa shape index (κ3) is 3.45. The molecule has 0 radical (unpaired) electrons. The van der Waals surface area contributed by atoms with Gasteiger partial charge in [-0.05, 0) is 36.4 Å². The largest absolute Gasteiger partial charge is 0.416 e. The number of benzene rings is 2. The molecule has 24 heavy (non-hydrogen) atoms. The standard InChI is InChI=1S/C17H12F3N3O/c18-17(19,20)13-6-8-14(9-7-13)22-16(24)12-10-21-23(11-12)15-4-2-1-3-5-15/h1-11H,(H,22,24). The van der Waals surface area contributed by atoms with Crippen molar-refractivity contribution in [2.24, 2.45) is 0 Å². The molecule has 0 saturated carbocycles. The Labute approximate surface area is 135 Å². The first-order valence-corrected chi connectivity index (χ1v) is 7.02. The Hall–Kier alpha value is -3.09. The highest BCUT2D eigenvalue weighted by atomic mass is 19.4. The summed E-state index contributed by atoms with van der Waals surface area (Å²) in [6.07, 6.45) is -1.46. The second kappa shape index (κ2) is 6.19. The van der Waals surface area contributed by atoms with E-state index in [-0.39, 0.29) is 5.69 Å². The fraction of sp³-hybridized carbons (Fsp3) is 0.0588. The van der Waals surface area contributed by atoms with Gasteiger partial charge in [0.2, 0.25) is 0 Å². The maximum absolute atomic E-state index is 12.5. The van der Waals surface area contributed by atoms with Crippen molar-refractivity contribution in [1.29, 1.82) is 0 Å². The van der Waals surface area contributed by atoms with Gasteiger partial charge >= 0.3 is 6.18 Å². The Morgan fingerprint density at radius 3 is 2.29 bits per heavy atom. The lowest BCUT2D eigenvalue weighted by molar-refractivity contribution is -0.137. The minimum atomic E-state index is -4.40. The number of rotatable bonds is 3. The van der Waals surface area contributed by atoms with Crippen molar-refractivity contribution in [1.82, 2.24) is 9.78 Å². The highest BCUT2D eigenvalue weighted by Gasteiger charge is 2.30. The highest BCUT2D eigenvalue weighted by Crippen LogP contribution is 2.29. The van der Waals surface area contributed by atoms with Crippen LogP contribution in [0.4, 0.5) is 18.9 Å². The molecule has 0 aliphatic carbocycles. The molecule has 0 saturated heterocycles. The Morgan fingerprint density at radius 2 is 1.67 bits per heavy atom. The van der Waals surface area contributed by atoms with Crippen LogP contribution in [-0.4, -0.2) is 15.7 Å². The third-order valence-corrected chi connectivity index (χ3v) is 3.34. The van der Waals surface area contributed by atoms with Gasteiger partial charge < -0.3 is 5.32 Å².